The van der Waals surface area contributed by atoms with Gasteiger partial charge in [-0.15, -0.1) is 0 Å². The van der Waals surface area contributed by atoms with Crippen molar-refractivity contribution in [3.8, 4) is 11.3 Å². The molecule has 0 bridgehead atoms. The van der Waals surface area contributed by atoms with Gasteiger partial charge in [0.25, 0.3) is 6.43 Å². The summed E-state index contributed by atoms with van der Waals surface area (Å²) in [6.45, 7) is 4.49. The number of rotatable bonds is 8. The first-order valence-corrected chi connectivity index (χ1v) is 12.2. The highest BCUT2D eigenvalue weighted by Crippen LogP contribution is 2.35. The molecule has 0 aliphatic heterocycles. The van der Waals surface area contributed by atoms with E-state index in [0.717, 1.165) is 35.2 Å². The average molecular weight is 491 g/mol. The molecule has 2 heterocycles. The lowest BCUT2D eigenvalue weighted by Crippen LogP contribution is -2.31. The van der Waals surface area contributed by atoms with Crippen LogP contribution in [0.4, 0.5) is 14.6 Å². The van der Waals surface area contributed by atoms with E-state index in [1.54, 1.807) is 12.1 Å². The van der Waals surface area contributed by atoms with Gasteiger partial charge < -0.3 is 15.0 Å². The van der Waals surface area contributed by atoms with Crippen molar-refractivity contribution in [1.82, 2.24) is 14.5 Å². The first-order chi connectivity index (χ1) is 17.3. The summed E-state index contributed by atoms with van der Waals surface area (Å²) in [7, 11) is 0. The molecule has 1 atom stereocenters. The molecule has 1 fully saturated rings. The maximum absolute atomic E-state index is 13.1. The number of carboxylic acids is 1. The van der Waals surface area contributed by atoms with Gasteiger partial charge in [-0.25, -0.2) is 23.5 Å². The van der Waals surface area contributed by atoms with Crippen LogP contribution in [0.3, 0.4) is 0 Å². The molecule has 36 heavy (non-hydrogen) atoms. The molecule has 6 nitrogen and oxygen atoms in total. The number of aryl methyl sites for hydroxylation is 1. The minimum atomic E-state index is -2.53. The number of aromatic nitrogens is 3. The third kappa shape index (κ3) is 4.67. The van der Waals surface area contributed by atoms with Gasteiger partial charge in [-0.05, 0) is 55.9 Å². The van der Waals surface area contributed by atoms with Gasteiger partial charge in [0.15, 0.2) is 5.82 Å². The molecule has 1 aliphatic carbocycles. The molecule has 1 saturated carbocycles. The molecule has 2 N–H and O–H groups in total. The van der Waals surface area contributed by atoms with Crippen molar-refractivity contribution in [3.63, 3.8) is 0 Å². The van der Waals surface area contributed by atoms with Crippen molar-refractivity contribution in [2.24, 2.45) is 5.92 Å². The first-order valence-electron chi connectivity index (χ1n) is 12.2. The van der Waals surface area contributed by atoms with Crippen LogP contribution < -0.4 is 5.32 Å². The Labute approximate surface area is 208 Å². The lowest BCUT2D eigenvalue weighted by atomic mass is 9.80. The maximum atomic E-state index is 13.1. The van der Waals surface area contributed by atoms with E-state index in [4.69, 9.17) is 0 Å². The van der Waals surface area contributed by atoms with E-state index < -0.39 is 12.4 Å². The SMILES string of the molecule is Cc1cccc(-c2cc3nc(C(=O)O)nc(NC(C)C4CCC4)c3n2Cc2ccc(C(F)F)cc2)c1. The minimum absolute atomic E-state index is 0.0267. The largest absolute Gasteiger partial charge is 0.475 e. The number of hydrogen-bond donors (Lipinski definition) is 2. The molecule has 8 heteroatoms. The molecule has 5 rings (SSSR count). The van der Waals surface area contributed by atoms with Crippen molar-refractivity contribution < 1.29 is 18.7 Å². The lowest BCUT2D eigenvalue weighted by Gasteiger charge is -2.32. The molecule has 2 aromatic heterocycles. The number of fused-ring (bicyclic) bond motifs is 1. The molecule has 0 saturated heterocycles. The smallest absolute Gasteiger partial charge is 0.374 e. The zero-order chi connectivity index (χ0) is 25.4. The Hall–Kier alpha value is -3.81. The first kappa shape index (κ1) is 23.9. The number of halogens is 2. The fourth-order valence-corrected chi connectivity index (χ4v) is 4.80. The summed E-state index contributed by atoms with van der Waals surface area (Å²) in [5.41, 5.74) is 4.91. The van der Waals surface area contributed by atoms with Crippen LogP contribution in [0.5, 0.6) is 0 Å². The van der Waals surface area contributed by atoms with Gasteiger partial charge in [0, 0.05) is 18.2 Å². The van der Waals surface area contributed by atoms with Crippen LogP contribution in [0.2, 0.25) is 0 Å². The average Bonchev–Trinajstić information content (AvgIpc) is 3.16. The van der Waals surface area contributed by atoms with Crippen LogP contribution in [0.15, 0.2) is 54.6 Å². The Bertz CT molecular complexity index is 1410. The van der Waals surface area contributed by atoms with Crippen LogP contribution in [0, 0.1) is 12.8 Å². The summed E-state index contributed by atoms with van der Waals surface area (Å²) >= 11 is 0. The monoisotopic (exact) mass is 490 g/mol. The summed E-state index contributed by atoms with van der Waals surface area (Å²) < 4.78 is 28.3. The third-order valence-electron chi connectivity index (χ3n) is 7.04. The van der Waals surface area contributed by atoms with Gasteiger partial charge >= 0.3 is 5.97 Å². The highest BCUT2D eigenvalue weighted by molar-refractivity contribution is 5.95. The van der Waals surface area contributed by atoms with Gasteiger partial charge in [0.05, 0.1) is 11.2 Å². The van der Waals surface area contributed by atoms with Gasteiger partial charge in [0.2, 0.25) is 5.82 Å². The number of carboxylic acid groups (broad SMARTS) is 1. The summed E-state index contributed by atoms with van der Waals surface area (Å²) in [5.74, 6) is -0.478. The fraction of sp³-hybridized carbons (Fsp3) is 0.321. The molecule has 4 aromatic rings. The van der Waals surface area contributed by atoms with Crippen LogP contribution in [0.25, 0.3) is 22.3 Å². The zero-order valence-corrected chi connectivity index (χ0v) is 20.2. The van der Waals surface area contributed by atoms with Crippen molar-refractivity contribution in [1.29, 1.82) is 0 Å². The van der Waals surface area contributed by atoms with E-state index in [9.17, 15) is 18.7 Å². The Morgan fingerprint density at radius 3 is 2.50 bits per heavy atom. The maximum Gasteiger partial charge on any atom is 0.374 e. The van der Waals surface area contributed by atoms with Crippen molar-refractivity contribution in [3.05, 3.63) is 77.1 Å². The van der Waals surface area contributed by atoms with Gasteiger partial charge in [-0.1, -0.05) is 54.4 Å². The normalized spacial score (nSPS) is 14.7. The molecule has 0 amide bonds. The van der Waals surface area contributed by atoms with Crippen LogP contribution >= 0.6 is 0 Å². The molecule has 186 valence electrons. The van der Waals surface area contributed by atoms with Crippen molar-refractivity contribution in [2.45, 2.75) is 52.1 Å². The number of aromatic carboxylic acids is 1. The van der Waals surface area contributed by atoms with Crippen LogP contribution in [-0.2, 0) is 6.54 Å². The summed E-state index contributed by atoms with van der Waals surface area (Å²) in [4.78, 5) is 20.6. The molecular weight excluding hydrogens is 462 g/mol. The summed E-state index contributed by atoms with van der Waals surface area (Å²) in [5, 5.41) is 13.2. The van der Waals surface area contributed by atoms with Crippen molar-refractivity contribution >= 4 is 22.8 Å². The molecule has 0 spiro atoms. The highest BCUT2D eigenvalue weighted by Gasteiger charge is 2.27. The summed E-state index contributed by atoms with van der Waals surface area (Å²) in [6.07, 6.45) is 0.917. The van der Waals surface area contributed by atoms with Gasteiger partial charge in [0.1, 0.15) is 5.52 Å². The second kappa shape index (κ2) is 9.68. The molecule has 1 aliphatic rings. The van der Waals surface area contributed by atoms with E-state index >= 15 is 0 Å². The topological polar surface area (TPSA) is 80.0 Å². The van der Waals surface area contributed by atoms with E-state index in [-0.39, 0.29) is 17.4 Å². The number of anilines is 1. The van der Waals surface area contributed by atoms with Crippen LogP contribution in [0.1, 0.15) is 59.9 Å². The number of benzene rings is 2. The van der Waals surface area contributed by atoms with E-state index in [1.165, 1.54) is 18.6 Å². The van der Waals surface area contributed by atoms with Gasteiger partial charge in [-0.2, -0.15) is 0 Å². The van der Waals surface area contributed by atoms with Crippen molar-refractivity contribution in [2.75, 3.05) is 5.32 Å². The predicted octanol–water partition coefficient (Wildman–Crippen LogP) is 6.69. The number of nitrogens with one attached hydrogen (secondary N) is 1. The van der Waals surface area contributed by atoms with E-state index in [2.05, 4.69) is 28.3 Å². The standard InChI is InChI=1S/C28H28F2N4O2/c1-16-5-3-8-21(13-16)23-14-22-24(34(23)15-18-9-11-20(12-10-18)25(29)30)26(33-27(32-22)28(35)36)31-17(2)19-6-4-7-19/h3,5,8-14,17,19,25H,4,6-7,15H2,1-2H3,(H,35,36)(H,31,32,33). The van der Waals surface area contributed by atoms with Crippen LogP contribution in [-0.4, -0.2) is 31.7 Å². The lowest BCUT2D eigenvalue weighted by molar-refractivity contribution is 0.0684. The highest BCUT2D eigenvalue weighted by atomic mass is 19.3. The summed E-state index contributed by atoms with van der Waals surface area (Å²) in [6, 6.07) is 16.3. The molecule has 1 unspecified atom stereocenters. The Morgan fingerprint density at radius 1 is 1.14 bits per heavy atom. The molecule has 0 radical (unpaired) electrons. The van der Waals surface area contributed by atoms with Gasteiger partial charge in [-0.3, -0.25) is 0 Å². The second-order valence-corrected chi connectivity index (χ2v) is 9.59. The number of nitrogens with zero attached hydrogens (tertiary/aromatic N) is 3. The second-order valence-electron chi connectivity index (χ2n) is 9.59. The Balaban J connectivity index is 1.68. The molecular formula is C28H28F2N4O2. The van der Waals surface area contributed by atoms with E-state index in [0.29, 0.717) is 29.3 Å². The predicted molar refractivity (Wildman–Crippen MR) is 136 cm³/mol. The molecule has 2 aromatic carbocycles. The minimum Gasteiger partial charge on any atom is -0.475 e. The zero-order valence-electron chi connectivity index (χ0n) is 20.2. The fourth-order valence-electron chi connectivity index (χ4n) is 4.80. The number of alkyl halides is 2. The number of hydrogen-bond acceptors (Lipinski definition) is 4. The Kier molecular flexibility index (Phi) is 6.43. The number of carbonyl (C=O) groups is 1. The quantitative estimate of drug-likeness (QED) is 0.288. The van der Waals surface area contributed by atoms with E-state index in [1.807, 2.05) is 35.8 Å². The third-order valence-corrected chi connectivity index (χ3v) is 7.04. The Morgan fingerprint density at radius 2 is 1.89 bits per heavy atom.